The fourth-order valence-electron chi connectivity index (χ4n) is 2.50. The first-order valence-corrected chi connectivity index (χ1v) is 7.10. The molecule has 2 heterocycles. The molecule has 0 spiro atoms. The Hall–Kier alpha value is -2.56. The van der Waals surface area contributed by atoms with Gasteiger partial charge in [0, 0.05) is 24.6 Å². The van der Waals surface area contributed by atoms with Gasteiger partial charge in [0.2, 0.25) is 0 Å². The number of hydrogen-bond acceptors (Lipinski definition) is 2. The van der Waals surface area contributed by atoms with Gasteiger partial charge < -0.3 is 14.9 Å². The number of nitrogens with zero attached hydrogens (tertiary/aromatic N) is 2. The van der Waals surface area contributed by atoms with Crippen molar-refractivity contribution in [1.82, 2.24) is 14.5 Å². The lowest BCUT2D eigenvalue weighted by Gasteiger charge is -2.06. The van der Waals surface area contributed by atoms with Gasteiger partial charge in [0.15, 0.2) is 0 Å². The maximum atomic E-state index is 12.0. The van der Waals surface area contributed by atoms with Gasteiger partial charge in [-0.3, -0.25) is 4.79 Å². The van der Waals surface area contributed by atoms with Crippen molar-refractivity contribution in [2.75, 3.05) is 5.32 Å². The molecule has 0 bridgehead atoms. The number of imidazole rings is 1. The number of hydrogen-bond donors (Lipinski definition) is 2. The summed E-state index contributed by atoms with van der Waals surface area (Å²) < 4.78 is 2.20. The number of aromatic amines is 1. The molecule has 0 atom stereocenters. The number of aromatic nitrogens is 3. The number of rotatable bonds is 4. The van der Waals surface area contributed by atoms with Crippen LogP contribution in [0.15, 0.2) is 36.7 Å². The third kappa shape index (κ3) is 2.54. The minimum atomic E-state index is -0.125. The lowest BCUT2D eigenvalue weighted by molar-refractivity contribution is 0.102. The van der Waals surface area contributed by atoms with Crippen molar-refractivity contribution >= 4 is 22.6 Å². The zero-order valence-electron chi connectivity index (χ0n) is 12.2. The molecule has 2 N–H and O–H groups in total. The summed E-state index contributed by atoms with van der Waals surface area (Å²) in [6.45, 7) is 5.11. The number of anilines is 1. The number of aryl methyl sites for hydroxylation is 2. The van der Waals surface area contributed by atoms with Crippen LogP contribution < -0.4 is 5.32 Å². The molecule has 1 aromatic carbocycles. The van der Waals surface area contributed by atoms with Crippen LogP contribution >= 0.6 is 0 Å². The lowest BCUT2D eigenvalue weighted by Crippen LogP contribution is -2.10. The first-order chi connectivity index (χ1) is 10.2. The molecule has 0 aliphatic heterocycles. The number of fused-ring (bicyclic) bond motifs is 1. The van der Waals surface area contributed by atoms with Crippen molar-refractivity contribution in [3.8, 4) is 0 Å². The zero-order chi connectivity index (χ0) is 14.8. The summed E-state index contributed by atoms with van der Waals surface area (Å²) in [5, 5.41) is 2.89. The highest BCUT2D eigenvalue weighted by molar-refractivity contribution is 6.04. The summed E-state index contributed by atoms with van der Waals surface area (Å²) >= 11 is 0. The summed E-state index contributed by atoms with van der Waals surface area (Å²) in [7, 11) is 0. The average molecular weight is 282 g/mol. The average Bonchev–Trinajstić information content (AvgIpc) is 3.08. The van der Waals surface area contributed by atoms with Gasteiger partial charge in [0.05, 0.1) is 16.6 Å². The summed E-state index contributed by atoms with van der Waals surface area (Å²) in [5.74, 6) is 0.876. The van der Waals surface area contributed by atoms with E-state index in [1.165, 1.54) is 0 Å². The van der Waals surface area contributed by atoms with E-state index >= 15 is 0 Å². The van der Waals surface area contributed by atoms with Crippen LogP contribution in [0.1, 0.15) is 29.5 Å². The van der Waals surface area contributed by atoms with Crippen molar-refractivity contribution in [3.05, 3.63) is 48.0 Å². The van der Waals surface area contributed by atoms with Crippen LogP contribution in [0.25, 0.3) is 11.0 Å². The number of carbonyl (C=O) groups is 1. The van der Waals surface area contributed by atoms with Gasteiger partial charge >= 0.3 is 0 Å². The fraction of sp³-hybridized carbons (Fsp3) is 0.250. The van der Waals surface area contributed by atoms with Gasteiger partial charge in [-0.25, -0.2) is 4.98 Å². The van der Waals surface area contributed by atoms with Gasteiger partial charge in [-0.15, -0.1) is 0 Å². The number of benzene rings is 1. The van der Waals surface area contributed by atoms with E-state index in [-0.39, 0.29) is 5.91 Å². The second-order valence-corrected chi connectivity index (χ2v) is 5.07. The van der Waals surface area contributed by atoms with Crippen LogP contribution in [0.3, 0.4) is 0 Å². The van der Waals surface area contributed by atoms with Gasteiger partial charge in [-0.1, -0.05) is 6.92 Å². The highest BCUT2D eigenvalue weighted by Gasteiger charge is 2.10. The molecule has 21 heavy (non-hydrogen) atoms. The van der Waals surface area contributed by atoms with E-state index in [0.29, 0.717) is 5.56 Å². The molecule has 0 aliphatic carbocycles. The molecule has 0 saturated carbocycles. The van der Waals surface area contributed by atoms with Crippen LogP contribution in [0.2, 0.25) is 0 Å². The van der Waals surface area contributed by atoms with Gasteiger partial charge in [0.1, 0.15) is 5.82 Å². The number of nitrogens with one attached hydrogen (secondary N) is 2. The molecule has 0 fully saturated rings. The highest BCUT2D eigenvalue weighted by Crippen LogP contribution is 2.21. The molecule has 0 saturated heterocycles. The Morgan fingerprint density at radius 2 is 2.24 bits per heavy atom. The molecular weight excluding hydrogens is 264 g/mol. The number of carbonyl (C=O) groups excluding carboxylic acids is 1. The van der Waals surface area contributed by atoms with Gasteiger partial charge in [0.25, 0.3) is 5.91 Å². The molecule has 1 amide bonds. The fourth-order valence-corrected chi connectivity index (χ4v) is 2.50. The van der Waals surface area contributed by atoms with Crippen LogP contribution in [0.4, 0.5) is 5.69 Å². The Labute approximate surface area is 123 Å². The van der Waals surface area contributed by atoms with Crippen molar-refractivity contribution < 1.29 is 4.79 Å². The van der Waals surface area contributed by atoms with E-state index in [9.17, 15) is 4.79 Å². The lowest BCUT2D eigenvalue weighted by atomic mass is 10.2. The Kier molecular flexibility index (Phi) is 3.48. The molecule has 3 rings (SSSR count). The van der Waals surface area contributed by atoms with Crippen molar-refractivity contribution in [1.29, 1.82) is 0 Å². The van der Waals surface area contributed by atoms with Crippen LogP contribution in [0.5, 0.6) is 0 Å². The minimum absolute atomic E-state index is 0.125. The molecular formula is C16H18N4O. The van der Waals surface area contributed by atoms with Gasteiger partial charge in [-0.05, 0) is 37.6 Å². The largest absolute Gasteiger partial charge is 0.367 e. The SMILES string of the molecule is CCCn1c(C)nc2cc(NC(=O)c3cc[nH]c3)ccc21. The maximum Gasteiger partial charge on any atom is 0.257 e. The second-order valence-electron chi connectivity index (χ2n) is 5.07. The van der Waals surface area contributed by atoms with Crippen LogP contribution in [-0.2, 0) is 6.54 Å². The molecule has 0 aliphatic rings. The smallest absolute Gasteiger partial charge is 0.257 e. The van der Waals surface area contributed by atoms with Crippen LogP contribution in [-0.4, -0.2) is 20.4 Å². The molecule has 5 heteroatoms. The third-order valence-corrected chi connectivity index (χ3v) is 3.50. The highest BCUT2D eigenvalue weighted by atomic mass is 16.1. The third-order valence-electron chi connectivity index (χ3n) is 3.50. The Bertz CT molecular complexity index is 771. The first-order valence-electron chi connectivity index (χ1n) is 7.10. The van der Waals surface area contributed by atoms with E-state index in [4.69, 9.17) is 0 Å². The van der Waals surface area contributed by atoms with E-state index < -0.39 is 0 Å². The predicted octanol–water partition coefficient (Wildman–Crippen LogP) is 3.34. The normalized spacial score (nSPS) is 11.0. The Morgan fingerprint density at radius 1 is 1.38 bits per heavy atom. The summed E-state index contributed by atoms with van der Waals surface area (Å²) in [5.41, 5.74) is 3.39. The Balaban J connectivity index is 1.89. The second kappa shape index (κ2) is 5.44. The number of amides is 1. The molecule has 0 unspecified atom stereocenters. The van der Waals surface area contributed by atoms with Crippen LogP contribution in [0, 0.1) is 6.92 Å². The monoisotopic (exact) mass is 282 g/mol. The summed E-state index contributed by atoms with van der Waals surface area (Å²) in [6.07, 6.45) is 4.47. The Morgan fingerprint density at radius 3 is 2.95 bits per heavy atom. The molecule has 108 valence electrons. The number of H-pyrrole nitrogens is 1. The molecule has 5 nitrogen and oxygen atoms in total. The van der Waals surface area contributed by atoms with E-state index in [2.05, 4.69) is 26.8 Å². The molecule has 2 aromatic heterocycles. The van der Waals surface area contributed by atoms with E-state index in [0.717, 1.165) is 35.5 Å². The maximum absolute atomic E-state index is 12.0. The van der Waals surface area contributed by atoms with E-state index in [1.807, 2.05) is 25.1 Å². The summed E-state index contributed by atoms with van der Waals surface area (Å²) in [6, 6.07) is 7.59. The molecule has 3 aromatic rings. The predicted molar refractivity (Wildman–Crippen MR) is 83.5 cm³/mol. The summed E-state index contributed by atoms with van der Waals surface area (Å²) in [4.78, 5) is 19.5. The minimum Gasteiger partial charge on any atom is -0.367 e. The van der Waals surface area contributed by atoms with Gasteiger partial charge in [-0.2, -0.15) is 0 Å². The van der Waals surface area contributed by atoms with Crippen molar-refractivity contribution in [2.24, 2.45) is 0 Å². The first kappa shape index (κ1) is 13.4. The van der Waals surface area contributed by atoms with Crippen molar-refractivity contribution in [2.45, 2.75) is 26.8 Å². The van der Waals surface area contributed by atoms with Crippen molar-refractivity contribution in [3.63, 3.8) is 0 Å². The topological polar surface area (TPSA) is 62.7 Å². The quantitative estimate of drug-likeness (QED) is 0.771. The van der Waals surface area contributed by atoms with E-state index in [1.54, 1.807) is 18.5 Å². The molecule has 0 radical (unpaired) electrons. The zero-order valence-corrected chi connectivity index (χ0v) is 12.2. The standard InChI is InChI=1S/C16H18N4O/c1-3-8-20-11(2)18-14-9-13(4-5-15(14)20)19-16(21)12-6-7-17-10-12/h4-7,9-10,17H,3,8H2,1-2H3,(H,19,21).